The van der Waals surface area contributed by atoms with E-state index in [1.807, 2.05) is 0 Å². The molecule has 32 heavy (non-hydrogen) atoms. The molecule has 0 spiro atoms. The second-order valence-electron chi connectivity index (χ2n) is 9.05. The Morgan fingerprint density at radius 2 is 1.84 bits per heavy atom. The van der Waals surface area contributed by atoms with E-state index in [9.17, 15) is 4.79 Å². The molecule has 2 fully saturated rings. The lowest BCUT2D eigenvalue weighted by Gasteiger charge is -2.34. The molecule has 1 aromatic rings. The van der Waals surface area contributed by atoms with Crippen LogP contribution in [0.3, 0.4) is 0 Å². The molecule has 4 aliphatic rings. The van der Waals surface area contributed by atoms with Crippen molar-refractivity contribution >= 4 is 11.7 Å². The van der Waals surface area contributed by atoms with E-state index in [2.05, 4.69) is 56.0 Å². The molecular weight excluding hydrogens is 402 g/mol. The van der Waals surface area contributed by atoms with Crippen LogP contribution in [0.5, 0.6) is 0 Å². The molecule has 0 radical (unpaired) electrons. The molecule has 0 aromatic carbocycles. The number of allylic oxidation sites excluding steroid dienone is 3. The molecule has 2 saturated heterocycles. The van der Waals surface area contributed by atoms with Gasteiger partial charge in [-0.25, -0.2) is 4.98 Å². The zero-order valence-electron chi connectivity index (χ0n) is 18.7. The first-order chi connectivity index (χ1) is 15.6. The molecule has 1 aliphatic carbocycles. The van der Waals surface area contributed by atoms with Gasteiger partial charge in [-0.3, -0.25) is 14.8 Å². The number of aromatic nitrogens is 2. The van der Waals surface area contributed by atoms with Crippen molar-refractivity contribution in [3.8, 4) is 0 Å². The molecule has 4 heterocycles. The average Bonchev–Trinajstić information content (AvgIpc) is 3.18. The van der Waals surface area contributed by atoms with E-state index in [4.69, 9.17) is 10.7 Å². The van der Waals surface area contributed by atoms with Crippen LogP contribution in [-0.2, 0) is 11.2 Å². The fraction of sp³-hybridized carbons (Fsp3) is 0.500. The van der Waals surface area contributed by atoms with Crippen LogP contribution in [0.1, 0.15) is 24.2 Å². The third-order valence-electron chi connectivity index (χ3n) is 6.92. The van der Waals surface area contributed by atoms with Crippen LogP contribution in [0, 0.1) is 5.92 Å². The van der Waals surface area contributed by atoms with E-state index in [1.54, 1.807) is 12.4 Å². The SMILES string of the molecule is CN1CCN(C2=CCC=C(C3Cc4nccnc4C(N4CCC(C(N)=O)C4)=N3)C=C2)CC1. The largest absolute Gasteiger partial charge is 0.369 e. The maximum atomic E-state index is 11.7. The van der Waals surface area contributed by atoms with Crippen molar-refractivity contribution in [2.45, 2.75) is 25.3 Å². The summed E-state index contributed by atoms with van der Waals surface area (Å²) in [7, 11) is 2.18. The third-order valence-corrected chi connectivity index (χ3v) is 6.92. The number of nitrogens with zero attached hydrogens (tertiary/aromatic N) is 6. The van der Waals surface area contributed by atoms with Gasteiger partial charge in [-0.1, -0.05) is 18.2 Å². The topological polar surface area (TPSA) is 91.0 Å². The number of hydrogen-bond donors (Lipinski definition) is 1. The molecule has 2 atom stereocenters. The van der Waals surface area contributed by atoms with Gasteiger partial charge in [0.2, 0.25) is 5.91 Å². The van der Waals surface area contributed by atoms with Crippen molar-refractivity contribution < 1.29 is 4.79 Å². The number of fused-ring (bicyclic) bond motifs is 1. The number of nitrogens with two attached hydrogens (primary N) is 1. The van der Waals surface area contributed by atoms with Crippen LogP contribution in [0.15, 0.2) is 53.0 Å². The predicted molar refractivity (Wildman–Crippen MR) is 124 cm³/mol. The highest BCUT2D eigenvalue weighted by Gasteiger charge is 2.34. The minimum atomic E-state index is -0.239. The number of likely N-dealkylation sites (tertiary alicyclic amines) is 1. The summed E-state index contributed by atoms with van der Waals surface area (Å²) >= 11 is 0. The minimum absolute atomic E-state index is 0.00156. The number of likely N-dealkylation sites (N-methyl/N-ethyl adjacent to an activating group) is 1. The summed E-state index contributed by atoms with van der Waals surface area (Å²) in [4.78, 5) is 33.0. The van der Waals surface area contributed by atoms with E-state index < -0.39 is 0 Å². The standard InChI is InChI=1S/C24H31N7O/c1-29-11-13-30(14-12-29)19-4-2-3-17(5-6-19)20-15-21-22(27-9-8-26-21)24(28-20)31-10-7-18(16-31)23(25)32/h3-6,8-9,18,20H,2,7,10-16H2,1H3,(H2,25,32). The maximum absolute atomic E-state index is 11.7. The van der Waals surface area contributed by atoms with E-state index in [-0.39, 0.29) is 17.9 Å². The fourth-order valence-corrected chi connectivity index (χ4v) is 4.93. The van der Waals surface area contributed by atoms with Crippen molar-refractivity contribution in [1.29, 1.82) is 0 Å². The zero-order valence-corrected chi connectivity index (χ0v) is 18.7. The van der Waals surface area contributed by atoms with E-state index in [1.165, 1.54) is 11.3 Å². The van der Waals surface area contributed by atoms with Crippen molar-refractivity contribution in [3.05, 3.63) is 59.4 Å². The number of primary amides is 1. The Labute approximate surface area is 189 Å². The van der Waals surface area contributed by atoms with Gasteiger partial charge < -0.3 is 20.4 Å². The van der Waals surface area contributed by atoms with Crippen LogP contribution in [0.2, 0.25) is 0 Å². The van der Waals surface area contributed by atoms with E-state index >= 15 is 0 Å². The monoisotopic (exact) mass is 433 g/mol. The predicted octanol–water partition coefficient (Wildman–Crippen LogP) is 0.973. The number of aliphatic imine (C=N–C) groups is 1. The quantitative estimate of drug-likeness (QED) is 0.764. The first kappa shape index (κ1) is 20.9. The summed E-state index contributed by atoms with van der Waals surface area (Å²) in [6.45, 7) is 5.68. The van der Waals surface area contributed by atoms with Gasteiger partial charge in [0.05, 0.1) is 17.7 Å². The Balaban J connectivity index is 1.37. The Morgan fingerprint density at radius 3 is 2.62 bits per heavy atom. The van der Waals surface area contributed by atoms with Crippen molar-refractivity contribution in [2.75, 3.05) is 46.3 Å². The number of piperazine rings is 1. The summed E-state index contributed by atoms with van der Waals surface area (Å²) in [5.74, 6) is 0.473. The summed E-state index contributed by atoms with van der Waals surface area (Å²) in [6, 6.07) is -0.00156. The number of amides is 1. The van der Waals surface area contributed by atoms with Gasteiger partial charge in [0.25, 0.3) is 0 Å². The molecule has 5 rings (SSSR count). The number of hydrogen-bond acceptors (Lipinski definition) is 7. The summed E-state index contributed by atoms with van der Waals surface area (Å²) < 4.78 is 0. The lowest BCUT2D eigenvalue weighted by molar-refractivity contribution is -0.121. The highest BCUT2D eigenvalue weighted by Crippen LogP contribution is 2.28. The minimum Gasteiger partial charge on any atom is -0.369 e. The molecule has 1 amide bonds. The van der Waals surface area contributed by atoms with Crippen molar-refractivity contribution in [1.82, 2.24) is 24.7 Å². The fourth-order valence-electron chi connectivity index (χ4n) is 4.93. The lowest BCUT2D eigenvalue weighted by Crippen LogP contribution is -2.43. The molecule has 8 nitrogen and oxygen atoms in total. The van der Waals surface area contributed by atoms with Crippen LogP contribution in [-0.4, -0.2) is 88.8 Å². The molecule has 0 bridgehead atoms. The Kier molecular flexibility index (Phi) is 5.78. The first-order valence-electron chi connectivity index (χ1n) is 11.5. The van der Waals surface area contributed by atoms with Crippen molar-refractivity contribution in [2.24, 2.45) is 16.6 Å². The Bertz CT molecular complexity index is 1000. The second kappa shape index (κ2) is 8.86. The summed E-state index contributed by atoms with van der Waals surface area (Å²) in [6.07, 6.45) is 14.9. The lowest BCUT2D eigenvalue weighted by atomic mass is 9.97. The maximum Gasteiger partial charge on any atom is 0.222 e. The molecule has 1 aromatic heterocycles. The van der Waals surface area contributed by atoms with Gasteiger partial charge in [-0.05, 0) is 31.5 Å². The van der Waals surface area contributed by atoms with Crippen LogP contribution < -0.4 is 5.73 Å². The Hall–Kier alpha value is -3.00. The van der Waals surface area contributed by atoms with Gasteiger partial charge in [0.1, 0.15) is 5.69 Å². The molecular formula is C24H31N7O. The summed E-state index contributed by atoms with van der Waals surface area (Å²) in [5.41, 5.74) is 9.88. The zero-order chi connectivity index (χ0) is 22.1. The van der Waals surface area contributed by atoms with Gasteiger partial charge in [0.15, 0.2) is 5.84 Å². The van der Waals surface area contributed by atoms with E-state index in [0.717, 1.165) is 69.2 Å². The normalized spacial score (nSPS) is 26.2. The van der Waals surface area contributed by atoms with Gasteiger partial charge in [-0.2, -0.15) is 0 Å². The van der Waals surface area contributed by atoms with Gasteiger partial charge in [-0.15, -0.1) is 0 Å². The van der Waals surface area contributed by atoms with Gasteiger partial charge >= 0.3 is 0 Å². The smallest absolute Gasteiger partial charge is 0.222 e. The molecule has 168 valence electrons. The number of carbonyl (C=O) groups is 1. The number of rotatable bonds is 3. The highest BCUT2D eigenvalue weighted by atomic mass is 16.1. The molecule has 2 unspecified atom stereocenters. The molecule has 3 aliphatic heterocycles. The van der Waals surface area contributed by atoms with Crippen LogP contribution >= 0.6 is 0 Å². The third kappa shape index (κ3) is 4.19. The highest BCUT2D eigenvalue weighted by molar-refractivity contribution is 5.99. The van der Waals surface area contributed by atoms with E-state index in [0.29, 0.717) is 6.54 Å². The number of carbonyl (C=O) groups excluding carboxylic acids is 1. The molecule has 0 saturated carbocycles. The van der Waals surface area contributed by atoms with Crippen LogP contribution in [0.4, 0.5) is 0 Å². The molecule has 2 N–H and O–H groups in total. The molecule has 8 heteroatoms. The van der Waals surface area contributed by atoms with Crippen LogP contribution in [0.25, 0.3) is 0 Å². The first-order valence-corrected chi connectivity index (χ1v) is 11.5. The summed E-state index contributed by atoms with van der Waals surface area (Å²) in [5, 5.41) is 0. The van der Waals surface area contributed by atoms with Crippen molar-refractivity contribution in [3.63, 3.8) is 0 Å². The average molecular weight is 434 g/mol. The van der Waals surface area contributed by atoms with Gasteiger partial charge in [0, 0.05) is 63.8 Å². The second-order valence-corrected chi connectivity index (χ2v) is 9.05. The number of amidine groups is 1. The Morgan fingerprint density at radius 1 is 1.03 bits per heavy atom.